The number of aliphatic hydroxyl groups is 1. The zero-order valence-corrected chi connectivity index (χ0v) is 24.4. The maximum Gasteiger partial charge on any atom is 0.312 e. The van der Waals surface area contributed by atoms with Crippen molar-refractivity contribution < 1.29 is 29.0 Å². The van der Waals surface area contributed by atoms with Gasteiger partial charge >= 0.3 is 5.97 Å². The molecule has 2 bridgehead atoms. The smallest absolute Gasteiger partial charge is 0.312 e. The number of halogens is 1. The number of ether oxygens (including phenoxy) is 2. The molecule has 39 heavy (non-hydrogen) atoms. The Balaban J connectivity index is 1.75. The third-order valence-electron chi connectivity index (χ3n) is 8.18. The number of anilines is 1. The summed E-state index contributed by atoms with van der Waals surface area (Å²) < 4.78 is 12.0. The highest BCUT2D eigenvalue weighted by Gasteiger charge is 2.77. The van der Waals surface area contributed by atoms with Gasteiger partial charge in [-0.3, -0.25) is 14.4 Å². The van der Waals surface area contributed by atoms with Crippen molar-refractivity contribution >= 4 is 39.4 Å². The first-order valence-electron chi connectivity index (χ1n) is 13.7. The lowest BCUT2D eigenvalue weighted by Crippen LogP contribution is -2.57. The first-order valence-corrected chi connectivity index (χ1v) is 14.6. The van der Waals surface area contributed by atoms with Gasteiger partial charge in [0, 0.05) is 30.2 Å². The highest BCUT2D eigenvalue weighted by Crippen LogP contribution is 2.60. The Labute approximate surface area is 239 Å². The number of esters is 1. The lowest BCUT2D eigenvalue weighted by molar-refractivity contribution is -0.153. The lowest BCUT2D eigenvalue weighted by Gasteiger charge is -2.37. The van der Waals surface area contributed by atoms with E-state index in [1.807, 2.05) is 32.0 Å². The van der Waals surface area contributed by atoms with E-state index >= 15 is 0 Å². The van der Waals surface area contributed by atoms with Crippen LogP contribution < -0.4 is 4.90 Å². The van der Waals surface area contributed by atoms with Gasteiger partial charge in [0.15, 0.2) is 0 Å². The molecule has 1 spiro atoms. The van der Waals surface area contributed by atoms with Crippen LogP contribution in [0.3, 0.4) is 0 Å². The number of aryl methyl sites for hydroxylation is 2. The van der Waals surface area contributed by atoms with E-state index in [4.69, 9.17) is 14.6 Å². The predicted octanol–water partition coefficient (Wildman–Crippen LogP) is 3.85. The summed E-state index contributed by atoms with van der Waals surface area (Å²) in [7, 11) is 0. The van der Waals surface area contributed by atoms with Gasteiger partial charge in [-0.1, -0.05) is 59.6 Å². The molecule has 3 fully saturated rings. The lowest BCUT2D eigenvalue weighted by atomic mass is 9.70. The number of hydrogen-bond donors (Lipinski definition) is 1. The highest BCUT2D eigenvalue weighted by atomic mass is 79.9. The SMILES string of the molecule is C=CCOC(=O)[C@H]1[C@@H]2OC3(CC2Br)C(C(=O)N(CC=C)c2cc(C)ccc2C)N(CCCCCCO)C(=O)[C@H]13. The van der Waals surface area contributed by atoms with Crippen LogP contribution in [0.4, 0.5) is 5.69 Å². The van der Waals surface area contributed by atoms with E-state index in [0.29, 0.717) is 25.8 Å². The van der Waals surface area contributed by atoms with E-state index in [9.17, 15) is 14.4 Å². The van der Waals surface area contributed by atoms with Crippen LogP contribution in [0.25, 0.3) is 0 Å². The summed E-state index contributed by atoms with van der Waals surface area (Å²) in [6, 6.07) is 5.05. The van der Waals surface area contributed by atoms with Gasteiger partial charge in [0.25, 0.3) is 5.91 Å². The molecule has 3 aliphatic rings. The predicted molar refractivity (Wildman–Crippen MR) is 153 cm³/mol. The summed E-state index contributed by atoms with van der Waals surface area (Å²) in [6.07, 6.45) is 6.05. The van der Waals surface area contributed by atoms with Crippen molar-refractivity contribution in [3.63, 3.8) is 0 Å². The summed E-state index contributed by atoms with van der Waals surface area (Å²) in [5.41, 5.74) is 1.57. The number of carbonyl (C=O) groups excluding carboxylic acids is 3. The number of nitrogens with zero attached hydrogens (tertiary/aromatic N) is 2. The van der Waals surface area contributed by atoms with Gasteiger partial charge in [-0.15, -0.1) is 6.58 Å². The number of likely N-dealkylation sites (tertiary alicyclic amines) is 1. The molecule has 3 unspecified atom stereocenters. The molecule has 4 rings (SSSR count). The Morgan fingerprint density at radius 2 is 1.97 bits per heavy atom. The van der Waals surface area contributed by atoms with E-state index in [1.54, 1.807) is 15.9 Å². The molecule has 2 amide bonds. The number of carbonyl (C=O) groups is 3. The van der Waals surface area contributed by atoms with Crippen LogP contribution in [-0.2, 0) is 23.9 Å². The van der Waals surface area contributed by atoms with Gasteiger partial charge in [-0.2, -0.15) is 0 Å². The Morgan fingerprint density at radius 1 is 1.23 bits per heavy atom. The molecule has 9 heteroatoms. The molecule has 3 saturated heterocycles. The zero-order chi connectivity index (χ0) is 28.3. The van der Waals surface area contributed by atoms with Crippen molar-refractivity contribution in [3.8, 4) is 0 Å². The molecule has 3 aliphatic heterocycles. The number of amides is 2. The fourth-order valence-corrected chi connectivity index (χ4v) is 7.44. The quantitative estimate of drug-likeness (QED) is 0.159. The van der Waals surface area contributed by atoms with E-state index < -0.39 is 35.6 Å². The van der Waals surface area contributed by atoms with Crippen molar-refractivity contribution in [1.82, 2.24) is 4.90 Å². The van der Waals surface area contributed by atoms with Gasteiger partial charge in [-0.05, 0) is 50.3 Å². The minimum Gasteiger partial charge on any atom is -0.461 e. The molecule has 0 radical (unpaired) electrons. The fraction of sp³-hybridized carbons (Fsp3) is 0.567. The van der Waals surface area contributed by atoms with Gasteiger partial charge < -0.3 is 24.4 Å². The summed E-state index contributed by atoms with van der Waals surface area (Å²) >= 11 is 3.69. The maximum atomic E-state index is 14.6. The summed E-state index contributed by atoms with van der Waals surface area (Å²) in [5, 5.41) is 9.15. The van der Waals surface area contributed by atoms with Crippen molar-refractivity contribution in [1.29, 1.82) is 0 Å². The molecule has 0 saturated carbocycles. The normalized spacial score (nSPS) is 28.9. The maximum absolute atomic E-state index is 14.6. The van der Waals surface area contributed by atoms with Crippen molar-refractivity contribution in [3.05, 3.63) is 54.6 Å². The van der Waals surface area contributed by atoms with Crippen LogP contribution >= 0.6 is 15.9 Å². The zero-order valence-electron chi connectivity index (χ0n) is 22.8. The van der Waals surface area contributed by atoms with E-state index in [2.05, 4.69) is 29.1 Å². The molecule has 8 nitrogen and oxygen atoms in total. The summed E-state index contributed by atoms with van der Waals surface area (Å²) in [6.45, 7) is 12.2. The Bertz CT molecular complexity index is 1120. The topological polar surface area (TPSA) is 96.4 Å². The molecule has 6 atom stereocenters. The number of rotatable bonds is 13. The Morgan fingerprint density at radius 3 is 2.67 bits per heavy atom. The molecule has 1 aromatic carbocycles. The van der Waals surface area contributed by atoms with Crippen molar-refractivity contribution in [2.24, 2.45) is 11.8 Å². The number of hydrogen-bond acceptors (Lipinski definition) is 6. The largest absolute Gasteiger partial charge is 0.461 e. The second-order valence-electron chi connectivity index (χ2n) is 10.8. The second-order valence-corrected chi connectivity index (χ2v) is 12.0. The Hall–Kier alpha value is -2.49. The third-order valence-corrected chi connectivity index (χ3v) is 9.02. The molecule has 0 aromatic heterocycles. The molecule has 212 valence electrons. The third kappa shape index (κ3) is 5.33. The number of benzene rings is 1. The number of unbranched alkanes of at least 4 members (excludes halogenated alkanes) is 3. The molecule has 1 aromatic rings. The molecule has 0 aliphatic carbocycles. The van der Waals surface area contributed by atoms with Crippen LogP contribution in [-0.4, -0.2) is 76.7 Å². The van der Waals surface area contributed by atoms with Gasteiger partial charge in [0.2, 0.25) is 5.91 Å². The average Bonchev–Trinajstić information content (AvgIpc) is 3.50. The minimum atomic E-state index is -1.15. The highest BCUT2D eigenvalue weighted by molar-refractivity contribution is 9.09. The van der Waals surface area contributed by atoms with Gasteiger partial charge in [0.1, 0.15) is 18.2 Å². The first kappa shape index (κ1) is 29.5. The minimum absolute atomic E-state index is 0.0413. The van der Waals surface area contributed by atoms with Crippen LogP contribution in [0.15, 0.2) is 43.5 Å². The number of aliphatic hydroxyl groups excluding tert-OH is 1. The number of alkyl halides is 1. The fourth-order valence-electron chi connectivity index (χ4n) is 6.50. The molecular weight excluding hydrogens is 564 g/mol. The number of fused-ring (bicyclic) bond motifs is 1. The molecule has 3 heterocycles. The average molecular weight is 604 g/mol. The summed E-state index contributed by atoms with van der Waals surface area (Å²) in [4.78, 5) is 45.0. The molecular formula is C30H39BrN2O6. The van der Waals surface area contributed by atoms with Crippen molar-refractivity contribution in [2.75, 3.05) is 31.2 Å². The monoisotopic (exact) mass is 602 g/mol. The van der Waals surface area contributed by atoms with Crippen molar-refractivity contribution in [2.45, 2.75) is 68.5 Å². The molecule has 1 N–H and O–H groups in total. The first-order chi connectivity index (χ1) is 18.7. The Kier molecular flexibility index (Phi) is 9.34. The van der Waals surface area contributed by atoms with E-state index in [-0.39, 0.29) is 36.4 Å². The van der Waals surface area contributed by atoms with Crippen LogP contribution in [0.1, 0.15) is 43.2 Å². The van der Waals surface area contributed by atoms with Gasteiger partial charge in [-0.25, -0.2) is 0 Å². The van der Waals surface area contributed by atoms with Gasteiger partial charge in [0.05, 0.1) is 17.9 Å². The van der Waals surface area contributed by atoms with E-state index in [0.717, 1.165) is 29.7 Å². The van der Waals surface area contributed by atoms with Crippen LogP contribution in [0, 0.1) is 25.7 Å². The van der Waals surface area contributed by atoms with Crippen LogP contribution in [0.5, 0.6) is 0 Å². The summed E-state index contributed by atoms with van der Waals surface area (Å²) in [5.74, 6) is -2.59. The van der Waals surface area contributed by atoms with Crippen LogP contribution in [0.2, 0.25) is 0 Å². The standard InChI is InChI=1S/C30H39BrN2O6/c1-5-13-32(22-17-19(3)11-12-20(22)4)28(36)26-30-18-21(31)25(39-30)23(29(37)38-16-6-2)24(30)27(35)33(26)14-9-7-8-10-15-34/h5-6,11-12,17,21,23-26,34H,1-2,7-10,13-16,18H2,3-4H3/t21?,23-,24+,25-,26?,30?/m1/s1. The second kappa shape index (κ2) is 12.4. The van der Waals surface area contributed by atoms with E-state index in [1.165, 1.54) is 6.08 Å².